The maximum Gasteiger partial charge on any atom is 0.459 e. The maximum atomic E-state index is 13.2. The number of ether oxygens (including phenoxy) is 1. The van der Waals surface area contributed by atoms with Crippen molar-refractivity contribution in [1.82, 2.24) is 0 Å². The zero-order chi connectivity index (χ0) is 24.6. The van der Waals surface area contributed by atoms with E-state index in [1.54, 1.807) is 0 Å². The van der Waals surface area contributed by atoms with E-state index >= 15 is 0 Å². The van der Waals surface area contributed by atoms with Crippen LogP contribution in [0.25, 0.3) is 0 Å². The van der Waals surface area contributed by atoms with Crippen molar-refractivity contribution >= 4 is 0 Å². The molecule has 1 aromatic rings. The Morgan fingerprint density at radius 1 is 0.545 bits per heavy atom. The van der Waals surface area contributed by atoms with E-state index in [1.807, 2.05) is 30.3 Å². The number of rotatable bonds is 19. The second kappa shape index (κ2) is 15.6. The van der Waals surface area contributed by atoms with Crippen LogP contribution in [0.2, 0.25) is 0 Å². The number of halogens is 7. The van der Waals surface area contributed by atoms with Gasteiger partial charge in [0.05, 0.1) is 6.61 Å². The molecule has 0 atom stereocenters. The Morgan fingerprint density at radius 2 is 0.970 bits per heavy atom. The van der Waals surface area contributed by atoms with Crippen molar-refractivity contribution < 1.29 is 35.5 Å². The van der Waals surface area contributed by atoms with Crippen molar-refractivity contribution in [3.8, 4) is 0 Å². The molecule has 1 nitrogen and oxygen atoms in total. The highest BCUT2D eigenvalue weighted by Gasteiger charge is 2.72. The summed E-state index contributed by atoms with van der Waals surface area (Å²) in [6.07, 6.45) is 3.53. The van der Waals surface area contributed by atoms with Crippen molar-refractivity contribution in [2.24, 2.45) is 0 Å². The van der Waals surface area contributed by atoms with Gasteiger partial charge in [0, 0.05) is 13.0 Å². The average molecular weight is 487 g/mol. The molecule has 1 aromatic carbocycles. The fourth-order valence-corrected chi connectivity index (χ4v) is 3.62. The fraction of sp³-hybridized carbons (Fsp3) is 0.760. The van der Waals surface area contributed by atoms with E-state index in [9.17, 15) is 30.7 Å². The Hall–Kier alpha value is -1.31. The minimum Gasteiger partial charge on any atom is -0.377 e. The highest BCUT2D eigenvalue weighted by atomic mass is 19.4. The number of benzene rings is 1. The third kappa shape index (κ3) is 12.1. The summed E-state index contributed by atoms with van der Waals surface area (Å²) in [5, 5.41) is 0. The molecule has 0 unspecified atom stereocenters. The molecule has 192 valence electrons. The fourth-order valence-electron chi connectivity index (χ4n) is 3.62. The van der Waals surface area contributed by atoms with Gasteiger partial charge in [0.25, 0.3) is 0 Å². The van der Waals surface area contributed by atoms with Crippen molar-refractivity contribution in [2.45, 2.75) is 115 Å². The van der Waals surface area contributed by atoms with Crippen LogP contribution in [-0.4, -0.2) is 24.6 Å². The molecule has 0 fully saturated rings. The molecule has 0 aliphatic carbocycles. The molecule has 0 saturated carbocycles. The van der Waals surface area contributed by atoms with Crippen LogP contribution in [0.15, 0.2) is 30.3 Å². The van der Waals surface area contributed by atoms with Gasteiger partial charge in [0.2, 0.25) is 0 Å². The summed E-state index contributed by atoms with van der Waals surface area (Å²) in [4.78, 5) is 0. The molecule has 0 spiro atoms. The van der Waals surface area contributed by atoms with Gasteiger partial charge in [-0.25, -0.2) is 0 Å². The number of unbranched alkanes of at least 4 members (excludes halogenated alkanes) is 12. The molecule has 0 N–H and O–H groups in total. The number of hydrogen-bond acceptors (Lipinski definition) is 1. The standard InChI is InChI=1S/C25H37F7O/c26-23(27,24(28,29)25(30,31)32)19-15-10-8-6-4-2-1-3-5-7-9-11-16-20-33-21-22-17-13-12-14-18-22/h12-14,17-18H,1-11,15-16,19-21H2. The molecule has 0 aliphatic rings. The summed E-state index contributed by atoms with van der Waals surface area (Å²) in [6, 6.07) is 10.1. The molecule has 0 saturated heterocycles. The first-order valence-electron chi connectivity index (χ1n) is 12.0. The second-order valence-electron chi connectivity index (χ2n) is 8.66. The Kier molecular flexibility index (Phi) is 14.0. The Morgan fingerprint density at radius 3 is 1.42 bits per heavy atom. The van der Waals surface area contributed by atoms with E-state index in [1.165, 1.54) is 24.8 Å². The van der Waals surface area contributed by atoms with Crippen molar-refractivity contribution in [3.63, 3.8) is 0 Å². The highest BCUT2D eigenvalue weighted by Crippen LogP contribution is 2.48. The third-order valence-corrected chi connectivity index (χ3v) is 5.71. The Bertz CT molecular complexity index is 603. The monoisotopic (exact) mass is 486 g/mol. The summed E-state index contributed by atoms with van der Waals surface area (Å²) < 4.78 is 93.7. The van der Waals surface area contributed by atoms with Crippen molar-refractivity contribution in [1.29, 1.82) is 0 Å². The normalized spacial score (nSPS) is 12.9. The zero-order valence-electron chi connectivity index (χ0n) is 19.3. The van der Waals surface area contributed by atoms with E-state index in [4.69, 9.17) is 4.74 Å². The van der Waals surface area contributed by atoms with Crippen LogP contribution in [0, 0.1) is 0 Å². The summed E-state index contributed by atoms with van der Waals surface area (Å²) in [7, 11) is 0. The van der Waals surface area contributed by atoms with Crippen LogP contribution in [-0.2, 0) is 11.3 Å². The van der Waals surface area contributed by atoms with Crippen LogP contribution < -0.4 is 0 Å². The minimum absolute atomic E-state index is 0.235. The summed E-state index contributed by atoms with van der Waals surface area (Å²) in [5.41, 5.74) is 1.18. The Labute approximate surface area is 193 Å². The summed E-state index contributed by atoms with van der Waals surface area (Å²) in [6.45, 7) is 1.43. The lowest BCUT2D eigenvalue weighted by Crippen LogP contribution is -2.51. The van der Waals surface area contributed by atoms with Crippen LogP contribution in [0.5, 0.6) is 0 Å². The molecule has 0 heterocycles. The highest BCUT2D eigenvalue weighted by molar-refractivity contribution is 5.13. The molecule has 0 bridgehead atoms. The number of alkyl halides is 7. The molecular weight excluding hydrogens is 449 g/mol. The summed E-state index contributed by atoms with van der Waals surface area (Å²) >= 11 is 0. The average Bonchev–Trinajstić information content (AvgIpc) is 2.75. The Balaban J connectivity index is 1.85. The lowest BCUT2D eigenvalue weighted by atomic mass is 10.0. The van der Waals surface area contributed by atoms with E-state index in [2.05, 4.69) is 0 Å². The van der Waals surface area contributed by atoms with E-state index in [-0.39, 0.29) is 12.8 Å². The minimum atomic E-state index is -6.23. The van der Waals surface area contributed by atoms with Crippen LogP contribution in [0.3, 0.4) is 0 Å². The van der Waals surface area contributed by atoms with Gasteiger partial charge in [-0.15, -0.1) is 0 Å². The largest absolute Gasteiger partial charge is 0.459 e. The molecule has 8 heteroatoms. The first-order chi connectivity index (χ1) is 15.6. The van der Waals surface area contributed by atoms with Crippen LogP contribution >= 0.6 is 0 Å². The summed E-state index contributed by atoms with van der Waals surface area (Å²) in [5.74, 6) is -11.0. The van der Waals surface area contributed by atoms with Crippen molar-refractivity contribution in [2.75, 3.05) is 6.61 Å². The molecular formula is C25H37F7O. The van der Waals surface area contributed by atoms with Crippen LogP contribution in [0.1, 0.15) is 95.5 Å². The van der Waals surface area contributed by atoms with Gasteiger partial charge in [0.1, 0.15) is 0 Å². The molecule has 1 rings (SSSR count). The van der Waals surface area contributed by atoms with E-state index in [0.29, 0.717) is 13.0 Å². The van der Waals surface area contributed by atoms with Gasteiger partial charge in [-0.1, -0.05) is 101 Å². The first-order valence-corrected chi connectivity index (χ1v) is 12.0. The first kappa shape index (κ1) is 29.7. The predicted octanol–water partition coefficient (Wildman–Crippen LogP) is 9.50. The number of hydrogen-bond donors (Lipinski definition) is 0. The SMILES string of the molecule is FC(F)(F)C(F)(F)C(F)(F)CCCCCCCCCCCCCCCOCc1ccccc1. The molecule has 0 amide bonds. The smallest absolute Gasteiger partial charge is 0.377 e. The maximum absolute atomic E-state index is 13.2. The van der Waals surface area contributed by atoms with Gasteiger partial charge in [-0.3, -0.25) is 0 Å². The van der Waals surface area contributed by atoms with E-state index < -0.39 is 24.4 Å². The van der Waals surface area contributed by atoms with Crippen LogP contribution in [0.4, 0.5) is 30.7 Å². The quantitative estimate of drug-likeness (QED) is 0.140. The zero-order valence-corrected chi connectivity index (χ0v) is 19.3. The van der Waals surface area contributed by atoms with Gasteiger partial charge >= 0.3 is 18.0 Å². The topological polar surface area (TPSA) is 9.23 Å². The second-order valence-corrected chi connectivity index (χ2v) is 8.66. The van der Waals surface area contributed by atoms with Gasteiger partial charge < -0.3 is 4.74 Å². The predicted molar refractivity (Wildman–Crippen MR) is 117 cm³/mol. The lowest BCUT2D eigenvalue weighted by Gasteiger charge is -2.28. The molecule has 0 aliphatic heterocycles. The van der Waals surface area contributed by atoms with E-state index in [0.717, 1.165) is 51.6 Å². The van der Waals surface area contributed by atoms with Gasteiger partial charge in [0.15, 0.2) is 0 Å². The lowest BCUT2D eigenvalue weighted by molar-refractivity contribution is -0.355. The van der Waals surface area contributed by atoms with Crippen molar-refractivity contribution in [3.05, 3.63) is 35.9 Å². The van der Waals surface area contributed by atoms with Gasteiger partial charge in [-0.05, 0) is 18.4 Å². The molecule has 33 heavy (non-hydrogen) atoms. The van der Waals surface area contributed by atoms with Gasteiger partial charge in [-0.2, -0.15) is 30.7 Å². The molecule has 0 radical (unpaired) electrons. The third-order valence-electron chi connectivity index (χ3n) is 5.71. The molecule has 0 aromatic heterocycles.